The highest BCUT2D eigenvalue weighted by Crippen LogP contribution is 2.22. The van der Waals surface area contributed by atoms with Gasteiger partial charge in [0.05, 0.1) is 6.61 Å². The zero-order valence-electron chi connectivity index (χ0n) is 12.3. The van der Waals surface area contributed by atoms with Crippen LogP contribution in [0.2, 0.25) is 0 Å². The van der Waals surface area contributed by atoms with E-state index in [2.05, 4.69) is 15.3 Å². The lowest BCUT2D eigenvalue weighted by molar-refractivity contribution is 0.202. The molecule has 112 valence electrons. The second-order valence-electron chi connectivity index (χ2n) is 4.47. The average molecular weight is 288 g/mol. The van der Waals surface area contributed by atoms with Crippen molar-refractivity contribution in [3.05, 3.63) is 35.9 Å². The maximum Gasteiger partial charge on any atom is 0.226 e. The molecular weight excluding hydrogens is 268 g/mol. The number of hydrogen-bond donors (Lipinski definition) is 2. The van der Waals surface area contributed by atoms with Gasteiger partial charge in [-0.25, -0.2) is 0 Å². The molecule has 6 nitrogen and oxygen atoms in total. The average Bonchev–Trinajstić information content (AvgIpc) is 2.46. The molecule has 1 aromatic heterocycles. The number of anilines is 2. The summed E-state index contributed by atoms with van der Waals surface area (Å²) in [5.74, 6) is 1.96. The van der Waals surface area contributed by atoms with Gasteiger partial charge in [-0.1, -0.05) is 12.1 Å². The number of nitrogen functional groups attached to an aromatic ring is 1. The van der Waals surface area contributed by atoms with Gasteiger partial charge in [0.25, 0.3) is 0 Å². The molecule has 6 heteroatoms. The van der Waals surface area contributed by atoms with Gasteiger partial charge < -0.3 is 20.5 Å². The molecule has 2 aromatic rings. The highest BCUT2D eigenvalue weighted by atomic mass is 16.5. The van der Waals surface area contributed by atoms with Crippen molar-refractivity contribution >= 4 is 11.8 Å². The summed E-state index contributed by atoms with van der Waals surface area (Å²) in [6.45, 7) is 3.44. The monoisotopic (exact) mass is 288 g/mol. The van der Waals surface area contributed by atoms with Gasteiger partial charge in [-0.15, -0.1) is 0 Å². The Labute approximate surface area is 124 Å². The Bertz CT molecular complexity index is 572. The Hall–Kier alpha value is -2.34. The third-order valence-corrected chi connectivity index (χ3v) is 2.82. The molecule has 1 heterocycles. The minimum absolute atomic E-state index is 0.181. The first-order valence-electron chi connectivity index (χ1n) is 6.85. The number of aromatic nitrogens is 2. The van der Waals surface area contributed by atoms with Gasteiger partial charge in [-0.3, -0.25) is 0 Å². The van der Waals surface area contributed by atoms with Crippen LogP contribution in [0.5, 0.6) is 11.6 Å². The van der Waals surface area contributed by atoms with E-state index in [1.807, 2.05) is 31.2 Å². The zero-order valence-corrected chi connectivity index (χ0v) is 12.3. The summed E-state index contributed by atoms with van der Waals surface area (Å²) < 4.78 is 10.8. The largest absolute Gasteiger partial charge is 0.439 e. The molecular formula is C15H20N4O2. The van der Waals surface area contributed by atoms with E-state index >= 15 is 0 Å². The van der Waals surface area contributed by atoms with Gasteiger partial charge in [-0.2, -0.15) is 9.97 Å². The molecule has 0 atom stereocenters. The first-order chi connectivity index (χ1) is 10.2. The number of rotatable bonds is 7. The predicted octanol–water partition coefficient (Wildman–Crippen LogP) is 2.47. The van der Waals surface area contributed by atoms with E-state index in [0.717, 1.165) is 13.0 Å². The minimum atomic E-state index is 0.181. The molecule has 2 rings (SSSR count). The highest BCUT2D eigenvalue weighted by Gasteiger charge is 2.04. The summed E-state index contributed by atoms with van der Waals surface area (Å²) in [4.78, 5) is 8.14. The third-order valence-electron chi connectivity index (χ3n) is 2.82. The van der Waals surface area contributed by atoms with Crippen molar-refractivity contribution in [3.8, 4) is 11.6 Å². The molecule has 0 saturated heterocycles. The number of nitrogens with zero attached hydrogens (tertiary/aromatic N) is 2. The summed E-state index contributed by atoms with van der Waals surface area (Å²) in [5, 5.41) is 3.08. The Kier molecular flexibility index (Phi) is 5.34. The van der Waals surface area contributed by atoms with Crippen LogP contribution in [0.3, 0.4) is 0 Å². The molecule has 0 aliphatic heterocycles. The molecule has 0 radical (unpaired) electrons. The SMILES string of the molecule is CCNc1cc(Oc2ccc(CCOC)cc2)nc(N)n1. The smallest absolute Gasteiger partial charge is 0.226 e. The number of hydrogen-bond acceptors (Lipinski definition) is 6. The van der Waals surface area contributed by atoms with E-state index in [0.29, 0.717) is 24.1 Å². The van der Waals surface area contributed by atoms with Crippen LogP contribution in [0.1, 0.15) is 12.5 Å². The van der Waals surface area contributed by atoms with Crippen LogP contribution >= 0.6 is 0 Å². The number of benzene rings is 1. The molecule has 0 aliphatic carbocycles. The normalized spacial score (nSPS) is 10.4. The van der Waals surface area contributed by atoms with Gasteiger partial charge >= 0.3 is 0 Å². The number of ether oxygens (including phenoxy) is 2. The Morgan fingerprint density at radius 2 is 1.95 bits per heavy atom. The van der Waals surface area contributed by atoms with Crippen molar-refractivity contribution in [3.63, 3.8) is 0 Å². The van der Waals surface area contributed by atoms with Gasteiger partial charge in [0, 0.05) is 19.7 Å². The quantitative estimate of drug-likeness (QED) is 0.814. The zero-order chi connectivity index (χ0) is 15.1. The lowest BCUT2D eigenvalue weighted by Gasteiger charge is -2.08. The van der Waals surface area contributed by atoms with E-state index in [9.17, 15) is 0 Å². The van der Waals surface area contributed by atoms with E-state index in [-0.39, 0.29) is 5.95 Å². The first-order valence-corrected chi connectivity index (χ1v) is 6.85. The standard InChI is InChI=1S/C15H20N4O2/c1-3-17-13-10-14(19-15(16)18-13)21-12-6-4-11(5-7-12)8-9-20-2/h4-7,10H,3,8-9H2,1-2H3,(H3,16,17,18,19). The lowest BCUT2D eigenvalue weighted by atomic mass is 10.1. The second kappa shape index (κ2) is 7.44. The third kappa shape index (κ3) is 4.61. The van der Waals surface area contributed by atoms with Crippen LogP contribution in [0.15, 0.2) is 30.3 Å². The van der Waals surface area contributed by atoms with Gasteiger partial charge in [0.2, 0.25) is 11.8 Å². The summed E-state index contributed by atoms with van der Waals surface area (Å²) in [6.07, 6.45) is 0.877. The molecule has 21 heavy (non-hydrogen) atoms. The van der Waals surface area contributed by atoms with Crippen molar-refractivity contribution in [2.45, 2.75) is 13.3 Å². The number of nitrogens with one attached hydrogen (secondary N) is 1. The molecule has 0 unspecified atom stereocenters. The van der Waals surface area contributed by atoms with Crippen molar-refractivity contribution < 1.29 is 9.47 Å². The molecule has 0 fully saturated rings. The van der Waals surface area contributed by atoms with Crippen molar-refractivity contribution in [2.24, 2.45) is 0 Å². The molecule has 0 spiro atoms. The second-order valence-corrected chi connectivity index (χ2v) is 4.47. The van der Waals surface area contributed by atoms with Crippen molar-refractivity contribution in [1.82, 2.24) is 9.97 Å². The summed E-state index contributed by atoms with van der Waals surface area (Å²) in [6, 6.07) is 9.53. The van der Waals surface area contributed by atoms with E-state index < -0.39 is 0 Å². The maximum absolute atomic E-state index is 5.70. The fourth-order valence-corrected chi connectivity index (χ4v) is 1.83. The summed E-state index contributed by atoms with van der Waals surface area (Å²) in [7, 11) is 1.69. The maximum atomic E-state index is 5.70. The van der Waals surface area contributed by atoms with Gasteiger partial charge in [0.1, 0.15) is 11.6 Å². The molecule has 0 amide bonds. The molecule has 0 bridgehead atoms. The van der Waals surface area contributed by atoms with E-state index in [1.54, 1.807) is 13.2 Å². The topological polar surface area (TPSA) is 82.3 Å². The van der Waals surface area contributed by atoms with Crippen molar-refractivity contribution in [1.29, 1.82) is 0 Å². The Morgan fingerprint density at radius 3 is 2.62 bits per heavy atom. The lowest BCUT2D eigenvalue weighted by Crippen LogP contribution is -2.04. The first kappa shape index (κ1) is 15.1. The molecule has 0 saturated carbocycles. The molecule has 0 aliphatic rings. The fourth-order valence-electron chi connectivity index (χ4n) is 1.83. The Morgan fingerprint density at radius 1 is 1.19 bits per heavy atom. The molecule has 3 N–H and O–H groups in total. The number of methoxy groups -OCH3 is 1. The van der Waals surface area contributed by atoms with Crippen LogP contribution in [0.4, 0.5) is 11.8 Å². The van der Waals surface area contributed by atoms with Gasteiger partial charge in [-0.05, 0) is 31.0 Å². The summed E-state index contributed by atoms with van der Waals surface area (Å²) >= 11 is 0. The van der Waals surface area contributed by atoms with Crippen molar-refractivity contribution in [2.75, 3.05) is 31.3 Å². The Balaban J connectivity index is 2.07. The van der Waals surface area contributed by atoms with Crippen LogP contribution < -0.4 is 15.8 Å². The van der Waals surface area contributed by atoms with Crippen LogP contribution in [-0.4, -0.2) is 30.2 Å². The predicted molar refractivity (Wildman–Crippen MR) is 82.7 cm³/mol. The minimum Gasteiger partial charge on any atom is -0.439 e. The summed E-state index contributed by atoms with van der Waals surface area (Å²) in [5.41, 5.74) is 6.86. The highest BCUT2D eigenvalue weighted by molar-refractivity contribution is 5.44. The van der Waals surface area contributed by atoms with E-state index in [4.69, 9.17) is 15.2 Å². The van der Waals surface area contributed by atoms with Crippen LogP contribution in [0.25, 0.3) is 0 Å². The van der Waals surface area contributed by atoms with E-state index in [1.165, 1.54) is 5.56 Å². The molecule has 1 aromatic carbocycles. The van der Waals surface area contributed by atoms with Gasteiger partial charge in [0.15, 0.2) is 0 Å². The van der Waals surface area contributed by atoms with Crippen LogP contribution in [0, 0.1) is 0 Å². The fraction of sp³-hybridized carbons (Fsp3) is 0.333. The number of nitrogens with two attached hydrogens (primary N) is 1. The van der Waals surface area contributed by atoms with Crippen LogP contribution in [-0.2, 0) is 11.2 Å².